The van der Waals surface area contributed by atoms with Crippen LogP contribution in [0.2, 0.25) is 15.5 Å². The van der Waals surface area contributed by atoms with Gasteiger partial charge in [0.15, 0.2) is 27.0 Å². The highest BCUT2D eigenvalue weighted by Gasteiger charge is 2.27. The van der Waals surface area contributed by atoms with Gasteiger partial charge in [0, 0.05) is 25.2 Å². The molecule has 0 bridgehead atoms. The van der Waals surface area contributed by atoms with Gasteiger partial charge >= 0.3 is 0 Å². The van der Waals surface area contributed by atoms with E-state index in [0.29, 0.717) is 37.4 Å². The van der Waals surface area contributed by atoms with Crippen molar-refractivity contribution in [1.82, 2.24) is 24.7 Å². The molecule has 14 heteroatoms. The van der Waals surface area contributed by atoms with Crippen LogP contribution in [0.25, 0.3) is 0 Å². The Morgan fingerprint density at radius 2 is 1.47 bits per heavy atom. The van der Waals surface area contributed by atoms with Crippen LogP contribution in [-0.4, -0.2) is 72.8 Å². The van der Waals surface area contributed by atoms with Gasteiger partial charge in [-0.1, -0.05) is 34.8 Å². The summed E-state index contributed by atoms with van der Waals surface area (Å²) >= 11 is 16.7. The van der Waals surface area contributed by atoms with E-state index in [1.165, 1.54) is 36.9 Å². The lowest BCUT2D eigenvalue weighted by Gasteiger charge is -2.30. The Kier molecular flexibility index (Phi) is 9.10. The molecule has 30 heavy (non-hydrogen) atoms. The molecule has 10 nitrogen and oxygen atoms in total. The third-order valence-corrected chi connectivity index (χ3v) is 5.91. The Balaban J connectivity index is 0.000000269. The minimum Gasteiger partial charge on any atom is -0.493 e. The van der Waals surface area contributed by atoms with E-state index in [-0.39, 0.29) is 27.4 Å². The summed E-state index contributed by atoms with van der Waals surface area (Å²) in [7, 11) is -0.155. The first kappa shape index (κ1) is 24.6. The molecular formula is C16H20Cl3N5O5S. The number of nitrogens with zero attached hydrogens (tertiary/aromatic N) is 5. The zero-order chi connectivity index (χ0) is 22.3. The number of methoxy groups -OCH3 is 2. The summed E-state index contributed by atoms with van der Waals surface area (Å²) in [6.07, 6.45) is 2.29. The van der Waals surface area contributed by atoms with E-state index >= 15 is 0 Å². The minimum atomic E-state index is -3.13. The van der Waals surface area contributed by atoms with Crippen LogP contribution < -0.4 is 14.2 Å². The predicted molar refractivity (Wildman–Crippen MR) is 112 cm³/mol. The highest BCUT2D eigenvalue weighted by Crippen LogP contribution is 2.28. The molecule has 0 amide bonds. The number of rotatable bonds is 5. The fourth-order valence-electron chi connectivity index (χ4n) is 2.49. The molecule has 1 aliphatic heterocycles. The van der Waals surface area contributed by atoms with Gasteiger partial charge in [-0.05, 0) is 12.8 Å². The molecule has 0 saturated carbocycles. The number of ether oxygens (including phenoxy) is 3. The Bertz CT molecular complexity index is 958. The van der Waals surface area contributed by atoms with E-state index in [2.05, 4.69) is 20.4 Å². The number of hydrogen-bond donors (Lipinski definition) is 0. The van der Waals surface area contributed by atoms with Crippen molar-refractivity contribution in [2.24, 2.45) is 0 Å². The van der Waals surface area contributed by atoms with Gasteiger partial charge < -0.3 is 14.2 Å². The zero-order valence-corrected chi connectivity index (χ0v) is 19.5. The Hall–Kier alpha value is -1.66. The van der Waals surface area contributed by atoms with Crippen LogP contribution >= 0.6 is 34.8 Å². The van der Waals surface area contributed by atoms with Crippen molar-refractivity contribution in [2.45, 2.75) is 18.9 Å². The quantitative estimate of drug-likeness (QED) is 0.610. The van der Waals surface area contributed by atoms with E-state index < -0.39 is 10.0 Å². The highest BCUT2D eigenvalue weighted by molar-refractivity contribution is 7.88. The molecule has 0 radical (unpaired) electrons. The fourth-order valence-corrected chi connectivity index (χ4v) is 3.81. The molecule has 2 aromatic rings. The number of hydrogen-bond acceptors (Lipinski definition) is 9. The second-order valence-electron chi connectivity index (χ2n) is 6.05. The first-order valence-electron chi connectivity index (χ1n) is 8.55. The molecule has 1 aliphatic rings. The van der Waals surface area contributed by atoms with E-state index in [4.69, 9.17) is 49.0 Å². The minimum absolute atomic E-state index is 0.114. The summed E-state index contributed by atoms with van der Waals surface area (Å²) in [6, 6.07) is 3.02. The second kappa shape index (κ2) is 11.1. The van der Waals surface area contributed by atoms with Crippen molar-refractivity contribution < 1.29 is 22.6 Å². The van der Waals surface area contributed by atoms with E-state index in [1.807, 2.05) is 0 Å². The monoisotopic (exact) mass is 499 g/mol. The normalized spacial score (nSPS) is 15.1. The first-order valence-corrected chi connectivity index (χ1v) is 11.5. The van der Waals surface area contributed by atoms with Crippen molar-refractivity contribution in [3.8, 4) is 17.4 Å². The first-order chi connectivity index (χ1) is 14.1. The third kappa shape index (κ3) is 7.24. The molecule has 166 valence electrons. The van der Waals surface area contributed by atoms with Crippen LogP contribution in [0.4, 0.5) is 0 Å². The lowest BCUT2D eigenvalue weighted by atomic mass is 10.1. The largest absolute Gasteiger partial charge is 0.493 e. The Morgan fingerprint density at radius 3 is 1.97 bits per heavy atom. The van der Waals surface area contributed by atoms with Gasteiger partial charge in [-0.2, -0.15) is 0 Å². The predicted octanol–water partition coefficient (Wildman–Crippen LogP) is 2.73. The van der Waals surface area contributed by atoms with E-state index in [9.17, 15) is 8.42 Å². The fraction of sp³-hybridized carbons (Fsp3) is 0.500. The Labute approximate surface area is 189 Å². The van der Waals surface area contributed by atoms with E-state index in [0.717, 1.165) is 0 Å². The molecule has 2 aromatic heterocycles. The van der Waals surface area contributed by atoms with Gasteiger partial charge in [0.1, 0.15) is 6.10 Å². The molecule has 3 heterocycles. The number of aromatic nitrogens is 4. The van der Waals surface area contributed by atoms with Gasteiger partial charge in [-0.25, -0.2) is 12.7 Å². The van der Waals surface area contributed by atoms with Crippen LogP contribution in [0.15, 0.2) is 12.1 Å². The van der Waals surface area contributed by atoms with Crippen molar-refractivity contribution in [3.63, 3.8) is 0 Å². The summed E-state index contributed by atoms with van der Waals surface area (Å²) in [5, 5.41) is 15.3. The van der Waals surface area contributed by atoms with Crippen LogP contribution in [-0.2, 0) is 10.0 Å². The van der Waals surface area contributed by atoms with Crippen molar-refractivity contribution in [1.29, 1.82) is 0 Å². The van der Waals surface area contributed by atoms with Gasteiger partial charge in [0.05, 0.1) is 20.5 Å². The average Bonchev–Trinajstić information content (AvgIpc) is 2.71. The van der Waals surface area contributed by atoms with Crippen molar-refractivity contribution >= 4 is 44.8 Å². The van der Waals surface area contributed by atoms with Crippen LogP contribution in [0.5, 0.6) is 17.4 Å². The van der Waals surface area contributed by atoms with Gasteiger partial charge in [0.25, 0.3) is 5.88 Å². The maximum absolute atomic E-state index is 11.4. The smallest absolute Gasteiger partial charge is 0.276 e. The molecule has 3 rings (SSSR count). The Morgan fingerprint density at radius 1 is 0.933 bits per heavy atom. The van der Waals surface area contributed by atoms with Gasteiger partial charge in [-0.3, -0.25) is 0 Å². The van der Waals surface area contributed by atoms with Crippen LogP contribution in [0, 0.1) is 0 Å². The summed E-state index contributed by atoms with van der Waals surface area (Å²) in [4.78, 5) is 0. The third-order valence-electron chi connectivity index (χ3n) is 3.97. The maximum atomic E-state index is 11.4. The second-order valence-corrected chi connectivity index (χ2v) is 9.16. The standard InChI is InChI=1S/C11H16ClN3O4S.C5H4Cl2N2O/c1-18-9-7-10(12)13-14-11(9)19-8-3-5-15(6-4-8)20(2,16)17;1-10-3-2-4(6)8-9-5(3)7/h7-8H,3-6H2,1-2H3;2H,1H3. The number of halogens is 3. The lowest BCUT2D eigenvalue weighted by Crippen LogP contribution is -2.41. The average molecular weight is 501 g/mol. The molecule has 1 saturated heterocycles. The van der Waals surface area contributed by atoms with Gasteiger partial charge in [-0.15, -0.1) is 20.4 Å². The summed E-state index contributed by atoms with van der Waals surface area (Å²) < 4.78 is 39.9. The highest BCUT2D eigenvalue weighted by atomic mass is 35.5. The molecule has 0 aromatic carbocycles. The SMILES string of the molecule is COc1cc(Cl)nnc1Cl.COc1cc(Cl)nnc1OC1CCN(S(C)(=O)=O)CC1. The zero-order valence-electron chi connectivity index (χ0n) is 16.4. The summed E-state index contributed by atoms with van der Waals surface area (Å²) in [6.45, 7) is 0.875. The van der Waals surface area contributed by atoms with Crippen LogP contribution in [0.3, 0.4) is 0 Å². The number of sulfonamides is 1. The molecule has 0 atom stereocenters. The number of piperidine rings is 1. The van der Waals surface area contributed by atoms with Crippen molar-refractivity contribution in [3.05, 3.63) is 27.6 Å². The van der Waals surface area contributed by atoms with Gasteiger partial charge in [0.2, 0.25) is 10.0 Å². The molecular weight excluding hydrogens is 481 g/mol. The maximum Gasteiger partial charge on any atom is 0.276 e. The lowest BCUT2D eigenvalue weighted by molar-refractivity contribution is 0.124. The van der Waals surface area contributed by atoms with Crippen LogP contribution in [0.1, 0.15) is 12.8 Å². The van der Waals surface area contributed by atoms with E-state index in [1.54, 1.807) is 0 Å². The molecule has 0 spiro atoms. The molecule has 0 N–H and O–H groups in total. The molecule has 0 aliphatic carbocycles. The summed E-state index contributed by atoms with van der Waals surface area (Å²) in [5.41, 5.74) is 0. The topological polar surface area (TPSA) is 117 Å². The molecule has 1 fully saturated rings. The molecule has 0 unspecified atom stereocenters. The van der Waals surface area contributed by atoms with Crippen molar-refractivity contribution in [2.75, 3.05) is 33.6 Å². The summed E-state index contributed by atoms with van der Waals surface area (Å²) in [5.74, 6) is 1.12.